The van der Waals surface area contributed by atoms with Gasteiger partial charge in [0.15, 0.2) is 0 Å². The van der Waals surface area contributed by atoms with Crippen molar-refractivity contribution < 1.29 is 9.84 Å². The van der Waals surface area contributed by atoms with E-state index >= 15 is 0 Å². The SMILES string of the molecule is COc1cccc(-c2cncc(-c3cccc(O)c3)n2)c1. The van der Waals surface area contributed by atoms with E-state index in [0.29, 0.717) is 5.69 Å². The normalized spacial score (nSPS) is 10.3. The van der Waals surface area contributed by atoms with Crippen molar-refractivity contribution in [3.8, 4) is 34.0 Å². The number of rotatable bonds is 3. The second kappa shape index (κ2) is 5.63. The van der Waals surface area contributed by atoms with Crippen molar-refractivity contribution in [1.82, 2.24) is 9.97 Å². The van der Waals surface area contributed by atoms with Crippen LogP contribution in [0.25, 0.3) is 22.5 Å². The number of phenolic OH excluding ortho intramolecular Hbond substituents is 1. The van der Waals surface area contributed by atoms with Crippen LogP contribution in [0.15, 0.2) is 60.9 Å². The summed E-state index contributed by atoms with van der Waals surface area (Å²) in [6.07, 6.45) is 3.39. The van der Waals surface area contributed by atoms with Crippen LogP contribution in [-0.2, 0) is 0 Å². The quantitative estimate of drug-likeness (QED) is 0.796. The van der Waals surface area contributed by atoms with Crippen LogP contribution < -0.4 is 4.74 Å². The van der Waals surface area contributed by atoms with E-state index in [4.69, 9.17) is 4.74 Å². The minimum Gasteiger partial charge on any atom is -0.508 e. The number of aromatic nitrogens is 2. The molecule has 0 aliphatic carbocycles. The van der Waals surface area contributed by atoms with Gasteiger partial charge in [0.05, 0.1) is 30.9 Å². The molecule has 3 rings (SSSR count). The highest BCUT2D eigenvalue weighted by Gasteiger charge is 2.06. The van der Waals surface area contributed by atoms with Crippen LogP contribution >= 0.6 is 0 Å². The van der Waals surface area contributed by atoms with Gasteiger partial charge in [-0.05, 0) is 24.3 Å². The highest BCUT2D eigenvalue weighted by molar-refractivity contribution is 5.66. The molecule has 4 heteroatoms. The van der Waals surface area contributed by atoms with Crippen molar-refractivity contribution in [2.45, 2.75) is 0 Å². The third kappa shape index (κ3) is 2.84. The first-order valence-corrected chi connectivity index (χ1v) is 6.52. The highest BCUT2D eigenvalue weighted by atomic mass is 16.5. The van der Waals surface area contributed by atoms with Crippen molar-refractivity contribution in [2.24, 2.45) is 0 Å². The summed E-state index contributed by atoms with van der Waals surface area (Å²) in [5.41, 5.74) is 3.23. The Morgan fingerprint density at radius 2 is 1.57 bits per heavy atom. The van der Waals surface area contributed by atoms with Gasteiger partial charge in [-0.2, -0.15) is 0 Å². The molecule has 0 saturated heterocycles. The van der Waals surface area contributed by atoms with Crippen molar-refractivity contribution in [3.05, 3.63) is 60.9 Å². The fraction of sp³-hybridized carbons (Fsp3) is 0.0588. The standard InChI is InChI=1S/C17H14N2O2/c1-21-15-7-3-5-13(9-15)17-11-18-10-16(19-17)12-4-2-6-14(20)8-12/h2-11,20H,1H3. The van der Waals surface area contributed by atoms with E-state index in [1.54, 1.807) is 37.7 Å². The lowest BCUT2D eigenvalue weighted by molar-refractivity contribution is 0.415. The van der Waals surface area contributed by atoms with Crippen LogP contribution in [0.4, 0.5) is 0 Å². The zero-order valence-corrected chi connectivity index (χ0v) is 11.5. The Hall–Kier alpha value is -2.88. The summed E-state index contributed by atoms with van der Waals surface area (Å²) in [5, 5.41) is 9.56. The lowest BCUT2D eigenvalue weighted by Gasteiger charge is -2.06. The third-order valence-electron chi connectivity index (χ3n) is 3.14. The maximum atomic E-state index is 9.56. The first kappa shape index (κ1) is 13.1. The number of aromatic hydroxyl groups is 1. The molecule has 0 unspecified atom stereocenters. The molecule has 0 bridgehead atoms. The predicted molar refractivity (Wildman–Crippen MR) is 81.1 cm³/mol. The molecule has 1 heterocycles. The smallest absolute Gasteiger partial charge is 0.119 e. The number of nitrogens with zero attached hydrogens (tertiary/aromatic N) is 2. The number of benzene rings is 2. The second-order valence-electron chi connectivity index (χ2n) is 4.57. The Morgan fingerprint density at radius 1 is 0.905 bits per heavy atom. The molecule has 0 amide bonds. The van der Waals surface area contributed by atoms with Gasteiger partial charge >= 0.3 is 0 Å². The monoisotopic (exact) mass is 278 g/mol. The van der Waals surface area contributed by atoms with E-state index in [9.17, 15) is 5.11 Å². The Balaban J connectivity index is 2.03. The molecule has 104 valence electrons. The fourth-order valence-corrected chi connectivity index (χ4v) is 2.09. The summed E-state index contributed by atoms with van der Waals surface area (Å²) in [6, 6.07) is 14.6. The summed E-state index contributed by atoms with van der Waals surface area (Å²) in [6.45, 7) is 0. The lowest BCUT2D eigenvalue weighted by Crippen LogP contribution is -1.91. The van der Waals surface area contributed by atoms with Gasteiger partial charge in [-0.1, -0.05) is 24.3 Å². The Labute approximate surface area is 122 Å². The van der Waals surface area contributed by atoms with Crippen LogP contribution in [0.3, 0.4) is 0 Å². The number of methoxy groups -OCH3 is 1. The molecule has 1 N–H and O–H groups in total. The summed E-state index contributed by atoms with van der Waals surface area (Å²) in [7, 11) is 1.63. The molecular weight excluding hydrogens is 264 g/mol. The summed E-state index contributed by atoms with van der Waals surface area (Å²) >= 11 is 0. The first-order chi connectivity index (χ1) is 10.3. The molecule has 2 aromatic carbocycles. The highest BCUT2D eigenvalue weighted by Crippen LogP contribution is 2.25. The molecule has 0 saturated carbocycles. The van der Waals surface area contributed by atoms with Crippen molar-refractivity contribution >= 4 is 0 Å². The molecule has 21 heavy (non-hydrogen) atoms. The van der Waals surface area contributed by atoms with E-state index in [2.05, 4.69) is 9.97 Å². The van der Waals surface area contributed by atoms with Crippen LogP contribution in [0, 0.1) is 0 Å². The number of ether oxygens (including phenoxy) is 1. The van der Waals surface area contributed by atoms with Crippen LogP contribution in [0.1, 0.15) is 0 Å². The molecule has 4 nitrogen and oxygen atoms in total. The molecule has 0 aliphatic heterocycles. The zero-order valence-electron chi connectivity index (χ0n) is 11.5. The summed E-state index contributed by atoms with van der Waals surface area (Å²) < 4.78 is 5.23. The Morgan fingerprint density at radius 3 is 2.24 bits per heavy atom. The molecule has 0 atom stereocenters. The Kier molecular flexibility index (Phi) is 3.51. The van der Waals surface area contributed by atoms with Crippen LogP contribution in [0.2, 0.25) is 0 Å². The van der Waals surface area contributed by atoms with E-state index in [0.717, 1.165) is 22.6 Å². The van der Waals surface area contributed by atoms with Gasteiger partial charge in [0, 0.05) is 11.1 Å². The predicted octanol–water partition coefficient (Wildman–Crippen LogP) is 3.52. The average Bonchev–Trinajstić information content (AvgIpc) is 2.55. The fourth-order valence-electron chi connectivity index (χ4n) is 2.09. The largest absolute Gasteiger partial charge is 0.508 e. The molecular formula is C17H14N2O2. The van der Waals surface area contributed by atoms with Gasteiger partial charge in [0.25, 0.3) is 0 Å². The molecule has 0 fully saturated rings. The summed E-state index contributed by atoms with van der Waals surface area (Å²) in [4.78, 5) is 8.84. The number of hydrogen-bond donors (Lipinski definition) is 1. The van der Waals surface area contributed by atoms with Gasteiger partial charge in [-0.15, -0.1) is 0 Å². The molecule has 0 aliphatic rings. The van der Waals surface area contributed by atoms with E-state index < -0.39 is 0 Å². The average molecular weight is 278 g/mol. The van der Waals surface area contributed by atoms with Crippen LogP contribution in [-0.4, -0.2) is 22.2 Å². The number of hydrogen-bond acceptors (Lipinski definition) is 4. The maximum absolute atomic E-state index is 9.56. The topological polar surface area (TPSA) is 55.2 Å². The maximum Gasteiger partial charge on any atom is 0.119 e. The first-order valence-electron chi connectivity index (χ1n) is 6.52. The van der Waals surface area contributed by atoms with Gasteiger partial charge in [-0.25, -0.2) is 4.98 Å². The van der Waals surface area contributed by atoms with Crippen LogP contribution in [0.5, 0.6) is 11.5 Å². The molecule has 0 radical (unpaired) electrons. The minimum atomic E-state index is 0.209. The van der Waals surface area contributed by atoms with E-state index in [1.807, 2.05) is 30.3 Å². The second-order valence-corrected chi connectivity index (χ2v) is 4.57. The zero-order chi connectivity index (χ0) is 14.7. The molecule has 3 aromatic rings. The third-order valence-corrected chi connectivity index (χ3v) is 3.14. The van der Waals surface area contributed by atoms with Gasteiger partial charge in [0.1, 0.15) is 11.5 Å². The van der Waals surface area contributed by atoms with E-state index in [-0.39, 0.29) is 5.75 Å². The van der Waals surface area contributed by atoms with Gasteiger partial charge in [-0.3, -0.25) is 4.98 Å². The molecule has 0 spiro atoms. The minimum absolute atomic E-state index is 0.209. The summed E-state index contributed by atoms with van der Waals surface area (Å²) in [5.74, 6) is 0.984. The van der Waals surface area contributed by atoms with Crippen molar-refractivity contribution in [3.63, 3.8) is 0 Å². The number of phenols is 1. The lowest BCUT2D eigenvalue weighted by atomic mass is 10.1. The van der Waals surface area contributed by atoms with Crippen molar-refractivity contribution in [2.75, 3.05) is 7.11 Å². The molecule has 1 aromatic heterocycles. The van der Waals surface area contributed by atoms with Crippen molar-refractivity contribution in [1.29, 1.82) is 0 Å². The Bertz CT molecular complexity index is 772. The van der Waals surface area contributed by atoms with E-state index in [1.165, 1.54) is 0 Å². The van der Waals surface area contributed by atoms with Gasteiger partial charge in [0.2, 0.25) is 0 Å². The van der Waals surface area contributed by atoms with Gasteiger partial charge < -0.3 is 9.84 Å².